The summed E-state index contributed by atoms with van der Waals surface area (Å²) in [6.45, 7) is 3.40. The van der Waals surface area contributed by atoms with Gasteiger partial charge in [-0.15, -0.1) is 0 Å². The van der Waals surface area contributed by atoms with E-state index >= 15 is 0 Å². The summed E-state index contributed by atoms with van der Waals surface area (Å²) < 4.78 is 41.9. The van der Waals surface area contributed by atoms with E-state index < -0.39 is 15.9 Å². The van der Waals surface area contributed by atoms with Crippen LogP contribution < -0.4 is 10.0 Å². The number of aliphatic hydroxyl groups is 1. The van der Waals surface area contributed by atoms with Crippen LogP contribution in [-0.2, 0) is 10.0 Å². The minimum Gasteiger partial charge on any atom is -0.393 e. The summed E-state index contributed by atoms with van der Waals surface area (Å²) in [5.74, 6) is -0.922. The molecule has 8 heteroatoms. The van der Waals surface area contributed by atoms with Crippen LogP contribution in [0.3, 0.4) is 0 Å². The van der Waals surface area contributed by atoms with Crippen molar-refractivity contribution in [2.45, 2.75) is 63.0 Å². The Morgan fingerprint density at radius 3 is 2.55 bits per heavy atom. The van der Waals surface area contributed by atoms with Crippen LogP contribution in [0.4, 0.5) is 4.39 Å². The lowest BCUT2D eigenvalue weighted by atomic mass is 9.94. The normalized spacial score (nSPS) is 25.5. The highest BCUT2D eigenvalue weighted by Crippen LogP contribution is 2.29. The molecule has 1 atom stereocenters. The Balaban J connectivity index is 1.72. The van der Waals surface area contributed by atoms with Gasteiger partial charge in [0.2, 0.25) is 10.0 Å². The molecule has 1 fully saturated rings. The number of halogens is 1. The average Bonchev–Trinajstić information content (AvgIpc) is 2.68. The van der Waals surface area contributed by atoms with Gasteiger partial charge in [-0.25, -0.2) is 17.5 Å². The molecule has 1 aromatic carbocycles. The van der Waals surface area contributed by atoms with Crippen LogP contribution in [0.2, 0.25) is 0 Å². The number of allylic oxidation sites excluding steroid dienone is 4. The highest BCUT2D eigenvalue weighted by atomic mass is 32.2. The number of carbonyl (C=O) groups is 1. The molecule has 158 valence electrons. The van der Waals surface area contributed by atoms with E-state index in [1.54, 1.807) is 26.0 Å². The summed E-state index contributed by atoms with van der Waals surface area (Å²) >= 11 is 0. The number of hydrogen-bond acceptors (Lipinski definition) is 4. The van der Waals surface area contributed by atoms with Crippen molar-refractivity contribution in [3.63, 3.8) is 0 Å². The van der Waals surface area contributed by atoms with Gasteiger partial charge in [0, 0.05) is 23.2 Å². The third-order valence-corrected chi connectivity index (χ3v) is 6.94. The van der Waals surface area contributed by atoms with Gasteiger partial charge in [0.1, 0.15) is 5.83 Å². The first-order valence-electron chi connectivity index (χ1n) is 9.84. The largest absolute Gasteiger partial charge is 0.393 e. The van der Waals surface area contributed by atoms with Crippen LogP contribution >= 0.6 is 0 Å². The maximum atomic E-state index is 13.8. The van der Waals surface area contributed by atoms with Crippen molar-refractivity contribution in [1.29, 1.82) is 0 Å². The van der Waals surface area contributed by atoms with Crippen molar-refractivity contribution in [2.75, 3.05) is 0 Å². The van der Waals surface area contributed by atoms with Gasteiger partial charge in [0.15, 0.2) is 0 Å². The smallest absolute Gasteiger partial charge is 0.255 e. The van der Waals surface area contributed by atoms with Gasteiger partial charge in [0.05, 0.1) is 11.0 Å². The van der Waals surface area contributed by atoms with Crippen LogP contribution in [0.15, 0.2) is 52.3 Å². The Hall–Kier alpha value is -2.03. The molecule has 3 rings (SSSR count). The zero-order valence-corrected chi connectivity index (χ0v) is 17.4. The van der Waals surface area contributed by atoms with E-state index in [9.17, 15) is 22.7 Å². The molecule has 0 radical (unpaired) electrons. The van der Waals surface area contributed by atoms with Crippen LogP contribution in [0.5, 0.6) is 0 Å². The Bertz CT molecular complexity index is 947. The average molecular weight is 423 g/mol. The molecular weight excluding hydrogens is 395 g/mol. The van der Waals surface area contributed by atoms with Crippen molar-refractivity contribution in [3.05, 3.63) is 53.0 Å². The van der Waals surface area contributed by atoms with Gasteiger partial charge < -0.3 is 10.4 Å². The number of aliphatic hydroxyl groups excluding tert-OH is 1. The van der Waals surface area contributed by atoms with E-state index in [2.05, 4.69) is 10.0 Å². The van der Waals surface area contributed by atoms with Gasteiger partial charge in [-0.05, 0) is 68.9 Å². The quantitative estimate of drug-likeness (QED) is 0.679. The summed E-state index contributed by atoms with van der Waals surface area (Å²) in [4.78, 5) is 12.6. The molecule has 0 aromatic heterocycles. The fourth-order valence-corrected chi connectivity index (χ4v) is 5.14. The third kappa shape index (κ3) is 5.32. The van der Waals surface area contributed by atoms with Gasteiger partial charge in [-0.3, -0.25) is 4.79 Å². The summed E-state index contributed by atoms with van der Waals surface area (Å²) in [5, 5.41) is 12.3. The Labute approximate surface area is 170 Å². The fraction of sp³-hybridized carbons (Fsp3) is 0.476. The van der Waals surface area contributed by atoms with E-state index in [-0.39, 0.29) is 34.3 Å². The number of sulfonamides is 1. The summed E-state index contributed by atoms with van der Waals surface area (Å²) in [7, 11) is -3.77. The number of carbonyl (C=O) groups excluding carboxylic acids is 1. The van der Waals surface area contributed by atoms with Crippen molar-refractivity contribution < 1.29 is 22.7 Å². The zero-order valence-electron chi connectivity index (χ0n) is 16.6. The lowest BCUT2D eigenvalue weighted by Crippen LogP contribution is -2.38. The molecule has 1 aromatic rings. The number of hydrogen-bond donors (Lipinski definition) is 3. The van der Waals surface area contributed by atoms with E-state index in [1.165, 1.54) is 18.2 Å². The van der Waals surface area contributed by atoms with Crippen molar-refractivity contribution in [2.24, 2.45) is 5.92 Å². The summed E-state index contributed by atoms with van der Waals surface area (Å²) in [6.07, 6.45) is 3.91. The maximum absolute atomic E-state index is 13.8. The molecule has 1 saturated carbocycles. The van der Waals surface area contributed by atoms with E-state index in [0.717, 1.165) is 0 Å². The van der Waals surface area contributed by atoms with Gasteiger partial charge in [0.25, 0.3) is 5.91 Å². The predicted octanol–water partition coefficient (Wildman–Crippen LogP) is 3.17. The molecule has 29 heavy (non-hydrogen) atoms. The molecule has 2 aliphatic rings. The van der Waals surface area contributed by atoms with Crippen LogP contribution in [0.25, 0.3) is 0 Å². The molecule has 6 nitrogen and oxygen atoms in total. The first-order chi connectivity index (χ1) is 13.7. The predicted molar refractivity (Wildman–Crippen MR) is 108 cm³/mol. The van der Waals surface area contributed by atoms with E-state index in [4.69, 9.17) is 0 Å². The fourth-order valence-electron chi connectivity index (χ4n) is 3.79. The third-order valence-electron chi connectivity index (χ3n) is 5.43. The molecule has 3 N–H and O–H groups in total. The first-order valence-corrected chi connectivity index (χ1v) is 11.3. The highest BCUT2D eigenvalue weighted by Gasteiger charge is 2.26. The zero-order chi connectivity index (χ0) is 21.2. The Morgan fingerprint density at radius 2 is 1.90 bits per heavy atom. The van der Waals surface area contributed by atoms with Crippen molar-refractivity contribution in [3.8, 4) is 0 Å². The standard InChI is InChI=1S/C21H27FN2O4S/c1-13-10-17(11-14(2)20(13)22)23-21(26)15-4-3-5-19(12-15)29(27,28)24-16-6-8-18(25)9-7-16/h3-5,10,12,14,16,18,24-25H,6-9,11H2,1-2H3,(H,23,26)/t14?,16-,18-. The molecule has 0 heterocycles. The molecule has 1 unspecified atom stereocenters. The molecule has 0 bridgehead atoms. The lowest BCUT2D eigenvalue weighted by molar-refractivity contribution is 0.0963. The number of amides is 1. The van der Waals surface area contributed by atoms with Crippen LogP contribution in [0, 0.1) is 5.92 Å². The molecule has 2 aliphatic carbocycles. The topological polar surface area (TPSA) is 95.5 Å². The van der Waals surface area contributed by atoms with Crippen LogP contribution in [-0.4, -0.2) is 31.6 Å². The number of benzene rings is 1. The minimum absolute atomic E-state index is 0.0179. The second-order valence-electron chi connectivity index (χ2n) is 7.91. The highest BCUT2D eigenvalue weighted by molar-refractivity contribution is 7.89. The van der Waals surface area contributed by atoms with Crippen LogP contribution in [0.1, 0.15) is 56.3 Å². The monoisotopic (exact) mass is 422 g/mol. The minimum atomic E-state index is -3.77. The van der Waals surface area contributed by atoms with Gasteiger partial charge >= 0.3 is 0 Å². The van der Waals surface area contributed by atoms with Crippen molar-refractivity contribution >= 4 is 15.9 Å². The lowest BCUT2D eigenvalue weighted by Gasteiger charge is -2.26. The Kier molecular flexibility index (Phi) is 6.55. The van der Waals surface area contributed by atoms with E-state index in [0.29, 0.717) is 43.4 Å². The Morgan fingerprint density at radius 1 is 1.21 bits per heavy atom. The molecule has 1 amide bonds. The van der Waals surface area contributed by atoms with Crippen molar-refractivity contribution in [1.82, 2.24) is 10.0 Å². The van der Waals surface area contributed by atoms with E-state index in [1.807, 2.05) is 0 Å². The number of rotatable bonds is 5. The number of nitrogens with one attached hydrogen (secondary N) is 2. The summed E-state index contributed by atoms with van der Waals surface area (Å²) in [5.41, 5.74) is 1.30. The summed E-state index contributed by atoms with van der Waals surface area (Å²) in [6, 6.07) is 5.63. The maximum Gasteiger partial charge on any atom is 0.255 e. The molecule has 0 saturated heterocycles. The molecular formula is C21H27FN2O4S. The SMILES string of the molecule is CC1=C(F)C(C)CC(NC(=O)c2cccc(S(=O)(=O)N[C@H]3CC[C@H](O)CC3)c2)=C1. The molecule has 0 spiro atoms. The second kappa shape index (κ2) is 8.77. The molecule has 0 aliphatic heterocycles. The first kappa shape index (κ1) is 21.7. The van der Waals surface area contributed by atoms with Gasteiger partial charge in [-0.1, -0.05) is 13.0 Å². The second-order valence-corrected chi connectivity index (χ2v) is 9.63. The van der Waals surface area contributed by atoms with Gasteiger partial charge in [-0.2, -0.15) is 0 Å².